The molecule has 1 aromatic heterocycles. The predicted octanol–water partition coefficient (Wildman–Crippen LogP) is 2.61. The number of rotatable bonds is 3. The fourth-order valence-electron chi connectivity index (χ4n) is 2.42. The molecule has 0 unspecified atom stereocenters. The minimum Gasteiger partial charge on any atom is -0.405 e. The lowest BCUT2D eigenvalue weighted by Crippen LogP contribution is -2.35. The number of carbonyl (C=O) groups is 1. The number of Topliss-reactive ketones (excluding diaryl/α,β-unsaturated/α-hetero) is 1. The van der Waals surface area contributed by atoms with E-state index in [4.69, 9.17) is 22.6 Å². The highest BCUT2D eigenvalue weighted by molar-refractivity contribution is 6.32. The van der Waals surface area contributed by atoms with E-state index in [-0.39, 0.29) is 11.7 Å². The molecule has 2 heterocycles. The number of anilines is 1. The van der Waals surface area contributed by atoms with Gasteiger partial charge in [-0.25, -0.2) is 4.98 Å². The Morgan fingerprint density at radius 3 is 2.76 bits per heavy atom. The van der Waals surface area contributed by atoms with Gasteiger partial charge in [0.25, 0.3) is 0 Å². The Hall–Kier alpha value is -2.06. The van der Waals surface area contributed by atoms with Crippen molar-refractivity contribution in [1.29, 1.82) is 5.26 Å². The number of nitrogens with two attached hydrogens (primary N) is 1. The van der Waals surface area contributed by atoms with Crippen LogP contribution in [0.1, 0.15) is 35.8 Å². The SMILES string of the molecule is CC(=O)c1cc(Cl)c(C=CN)nc1N1CCC(C#N)CC1. The summed E-state index contributed by atoms with van der Waals surface area (Å²) in [5.74, 6) is 0.624. The van der Waals surface area contributed by atoms with E-state index in [1.807, 2.05) is 4.90 Å². The quantitative estimate of drug-likeness (QED) is 0.868. The van der Waals surface area contributed by atoms with Crippen LogP contribution in [0.25, 0.3) is 6.08 Å². The van der Waals surface area contributed by atoms with Gasteiger partial charge in [0, 0.05) is 19.0 Å². The minimum atomic E-state index is -0.0786. The standard InChI is InChI=1S/C15H17ClN4O/c1-10(21)12-8-13(16)14(2-5-17)19-15(12)20-6-3-11(9-18)4-7-20/h2,5,8,11H,3-4,6-7,17H2,1H3. The highest BCUT2D eigenvalue weighted by atomic mass is 35.5. The predicted molar refractivity (Wildman–Crippen MR) is 83.0 cm³/mol. The van der Waals surface area contributed by atoms with E-state index < -0.39 is 0 Å². The summed E-state index contributed by atoms with van der Waals surface area (Å²) < 4.78 is 0. The van der Waals surface area contributed by atoms with Gasteiger partial charge in [-0.3, -0.25) is 4.79 Å². The number of aromatic nitrogens is 1. The Labute approximate surface area is 129 Å². The molecule has 0 bridgehead atoms. The van der Waals surface area contributed by atoms with Crippen molar-refractivity contribution in [3.63, 3.8) is 0 Å². The zero-order valence-electron chi connectivity index (χ0n) is 11.8. The molecule has 1 aromatic rings. The summed E-state index contributed by atoms with van der Waals surface area (Å²) in [5.41, 5.74) is 6.44. The van der Waals surface area contributed by atoms with Crippen LogP contribution in [0.2, 0.25) is 5.02 Å². The summed E-state index contributed by atoms with van der Waals surface area (Å²) in [6.45, 7) is 2.91. The molecule has 0 saturated carbocycles. The Bertz CT molecular complexity index is 613. The largest absolute Gasteiger partial charge is 0.405 e. The van der Waals surface area contributed by atoms with Gasteiger partial charge >= 0.3 is 0 Å². The number of halogens is 1. The Morgan fingerprint density at radius 2 is 2.24 bits per heavy atom. The van der Waals surface area contributed by atoms with Crippen molar-refractivity contribution in [3.8, 4) is 6.07 Å². The first kappa shape index (κ1) is 15.3. The molecule has 0 spiro atoms. The normalized spacial score (nSPS) is 16.1. The van der Waals surface area contributed by atoms with Crippen molar-refractivity contribution in [2.45, 2.75) is 19.8 Å². The average molecular weight is 305 g/mol. The highest BCUT2D eigenvalue weighted by Crippen LogP contribution is 2.29. The molecule has 21 heavy (non-hydrogen) atoms. The van der Waals surface area contributed by atoms with Crippen LogP contribution < -0.4 is 10.6 Å². The number of hydrogen-bond donors (Lipinski definition) is 1. The van der Waals surface area contributed by atoms with Crippen LogP contribution in [-0.4, -0.2) is 23.9 Å². The molecule has 110 valence electrons. The molecule has 1 saturated heterocycles. The molecule has 0 aliphatic carbocycles. The maximum atomic E-state index is 11.8. The molecule has 1 aliphatic rings. The van der Waals surface area contributed by atoms with Crippen molar-refractivity contribution in [2.24, 2.45) is 11.7 Å². The van der Waals surface area contributed by atoms with Gasteiger partial charge in [-0.05, 0) is 38.1 Å². The van der Waals surface area contributed by atoms with Gasteiger partial charge in [-0.2, -0.15) is 5.26 Å². The summed E-state index contributed by atoms with van der Waals surface area (Å²) in [7, 11) is 0. The molecular formula is C15H17ClN4O. The summed E-state index contributed by atoms with van der Waals surface area (Å²) in [6.07, 6.45) is 4.53. The van der Waals surface area contributed by atoms with Gasteiger partial charge in [-0.1, -0.05) is 11.6 Å². The van der Waals surface area contributed by atoms with E-state index in [9.17, 15) is 4.79 Å². The van der Waals surface area contributed by atoms with Crippen molar-refractivity contribution in [3.05, 3.63) is 28.5 Å². The van der Waals surface area contributed by atoms with Crippen LogP contribution in [0.3, 0.4) is 0 Å². The van der Waals surface area contributed by atoms with Crippen molar-refractivity contribution >= 4 is 29.3 Å². The summed E-state index contributed by atoms with van der Waals surface area (Å²) in [6, 6.07) is 3.93. The van der Waals surface area contributed by atoms with Crippen LogP contribution in [0, 0.1) is 17.2 Å². The maximum Gasteiger partial charge on any atom is 0.163 e. The summed E-state index contributed by atoms with van der Waals surface area (Å²) >= 11 is 6.13. The number of carbonyl (C=O) groups excluding carboxylic acids is 1. The Morgan fingerprint density at radius 1 is 1.57 bits per heavy atom. The second kappa shape index (κ2) is 6.59. The van der Waals surface area contributed by atoms with Crippen LogP contribution in [0.5, 0.6) is 0 Å². The van der Waals surface area contributed by atoms with Crippen LogP contribution in [0.4, 0.5) is 5.82 Å². The second-order valence-electron chi connectivity index (χ2n) is 5.03. The molecule has 0 radical (unpaired) electrons. The van der Waals surface area contributed by atoms with E-state index in [2.05, 4.69) is 11.1 Å². The number of piperidine rings is 1. The fourth-order valence-corrected chi connectivity index (χ4v) is 2.64. The zero-order chi connectivity index (χ0) is 15.4. The Balaban J connectivity index is 2.39. The third-order valence-electron chi connectivity index (χ3n) is 3.59. The van der Waals surface area contributed by atoms with Gasteiger partial charge < -0.3 is 10.6 Å². The van der Waals surface area contributed by atoms with Gasteiger partial charge in [-0.15, -0.1) is 0 Å². The number of pyridine rings is 1. The molecule has 0 atom stereocenters. The monoisotopic (exact) mass is 304 g/mol. The Kier molecular flexibility index (Phi) is 4.81. The lowest BCUT2D eigenvalue weighted by atomic mass is 9.98. The molecule has 6 heteroatoms. The van der Waals surface area contributed by atoms with Crippen molar-refractivity contribution in [1.82, 2.24) is 4.98 Å². The maximum absolute atomic E-state index is 11.8. The average Bonchev–Trinajstić information content (AvgIpc) is 2.49. The second-order valence-corrected chi connectivity index (χ2v) is 5.44. The number of nitrogens with zero attached hydrogens (tertiary/aromatic N) is 3. The van der Waals surface area contributed by atoms with E-state index in [1.165, 1.54) is 13.1 Å². The lowest BCUT2D eigenvalue weighted by molar-refractivity contribution is 0.101. The number of hydrogen-bond acceptors (Lipinski definition) is 5. The summed E-state index contributed by atoms with van der Waals surface area (Å²) in [5, 5.41) is 9.36. The van der Waals surface area contributed by atoms with Crippen LogP contribution in [0.15, 0.2) is 12.3 Å². The molecular weight excluding hydrogens is 288 g/mol. The third kappa shape index (κ3) is 3.34. The van der Waals surface area contributed by atoms with Crippen molar-refractivity contribution < 1.29 is 4.79 Å². The first-order valence-corrected chi connectivity index (χ1v) is 7.19. The van der Waals surface area contributed by atoms with E-state index >= 15 is 0 Å². The zero-order valence-corrected chi connectivity index (χ0v) is 12.6. The van der Waals surface area contributed by atoms with E-state index in [0.29, 0.717) is 35.2 Å². The topological polar surface area (TPSA) is 83.0 Å². The highest BCUT2D eigenvalue weighted by Gasteiger charge is 2.24. The molecule has 1 aliphatic heterocycles. The van der Waals surface area contributed by atoms with Crippen LogP contribution >= 0.6 is 11.6 Å². The van der Waals surface area contributed by atoms with Gasteiger partial charge in [0.1, 0.15) is 5.82 Å². The fraction of sp³-hybridized carbons (Fsp3) is 0.400. The molecule has 2 rings (SSSR count). The number of ketones is 1. The smallest absolute Gasteiger partial charge is 0.163 e. The molecule has 2 N–H and O–H groups in total. The lowest BCUT2D eigenvalue weighted by Gasteiger charge is -2.31. The summed E-state index contributed by atoms with van der Waals surface area (Å²) in [4.78, 5) is 18.3. The van der Waals surface area contributed by atoms with Crippen molar-refractivity contribution in [2.75, 3.05) is 18.0 Å². The van der Waals surface area contributed by atoms with Crippen LogP contribution in [-0.2, 0) is 0 Å². The first-order valence-electron chi connectivity index (χ1n) is 6.81. The third-order valence-corrected chi connectivity index (χ3v) is 3.90. The molecule has 0 amide bonds. The van der Waals surface area contributed by atoms with E-state index in [1.54, 1.807) is 12.1 Å². The van der Waals surface area contributed by atoms with Gasteiger partial charge in [0.15, 0.2) is 5.78 Å². The van der Waals surface area contributed by atoms with Gasteiger partial charge in [0.2, 0.25) is 0 Å². The molecule has 0 aromatic carbocycles. The van der Waals surface area contributed by atoms with E-state index in [0.717, 1.165) is 12.8 Å². The molecule has 5 nitrogen and oxygen atoms in total. The number of nitriles is 1. The van der Waals surface area contributed by atoms with Gasteiger partial charge in [0.05, 0.1) is 22.3 Å². The molecule has 1 fully saturated rings. The first-order chi connectivity index (χ1) is 10.1. The minimum absolute atomic E-state index is 0.0786.